The number of thioether (sulfide) groups is 1. The molecule has 2 heteroatoms. The third kappa shape index (κ3) is 1.42. The molecule has 0 saturated heterocycles. The molecule has 1 unspecified atom stereocenters. The molecule has 1 aromatic rings. The summed E-state index contributed by atoms with van der Waals surface area (Å²) in [5.74, 6) is 3.36. The molecule has 1 aromatic carbocycles. The first-order valence-corrected chi connectivity index (χ1v) is 6.29. The first kappa shape index (κ1) is 8.66. The molecule has 2 aliphatic rings. The van der Waals surface area contributed by atoms with E-state index in [1.54, 1.807) is 0 Å². The first-order chi connectivity index (χ1) is 6.84. The lowest BCUT2D eigenvalue weighted by molar-refractivity contribution is 0.471. The van der Waals surface area contributed by atoms with E-state index in [4.69, 9.17) is 0 Å². The summed E-state index contributed by atoms with van der Waals surface area (Å²) in [6.45, 7) is 0. The highest BCUT2D eigenvalue weighted by atomic mass is 32.2. The number of benzene rings is 1. The molecular weight excluding hydrogens is 192 g/mol. The quantitative estimate of drug-likeness (QED) is 0.760. The van der Waals surface area contributed by atoms with Crippen LogP contribution in [0, 0.1) is 5.92 Å². The Labute approximate surface area is 88.5 Å². The summed E-state index contributed by atoms with van der Waals surface area (Å²) >= 11 is 1.89. The Balaban J connectivity index is 2.01. The Hall–Kier alpha value is -0.630. The molecule has 1 atom stereocenters. The molecule has 1 N–H and O–H groups in total. The second-order valence-corrected chi connectivity index (χ2v) is 5.44. The topological polar surface area (TPSA) is 20.2 Å². The summed E-state index contributed by atoms with van der Waals surface area (Å²) in [7, 11) is 0. The van der Waals surface area contributed by atoms with Gasteiger partial charge in [0, 0.05) is 4.90 Å². The maximum atomic E-state index is 9.42. The summed E-state index contributed by atoms with van der Waals surface area (Å²) in [5.41, 5.74) is 1.49. The van der Waals surface area contributed by atoms with E-state index in [9.17, 15) is 5.11 Å². The molecule has 0 radical (unpaired) electrons. The van der Waals surface area contributed by atoms with E-state index in [1.165, 1.54) is 35.5 Å². The number of hydrogen-bond donors (Lipinski definition) is 1. The van der Waals surface area contributed by atoms with Gasteiger partial charge in [0.05, 0.1) is 0 Å². The van der Waals surface area contributed by atoms with Gasteiger partial charge in [-0.05, 0) is 54.5 Å². The lowest BCUT2D eigenvalue weighted by Gasteiger charge is -2.24. The molecule has 14 heavy (non-hydrogen) atoms. The lowest BCUT2D eigenvalue weighted by Crippen LogP contribution is -2.08. The molecule has 1 heterocycles. The van der Waals surface area contributed by atoms with Crippen molar-refractivity contribution < 1.29 is 5.11 Å². The first-order valence-electron chi connectivity index (χ1n) is 5.30. The van der Waals surface area contributed by atoms with Gasteiger partial charge in [-0.2, -0.15) is 0 Å². The van der Waals surface area contributed by atoms with Crippen molar-refractivity contribution in [2.75, 3.05) is 5.75 Å². The molecule has 1 nitrogen and oxygen atoms in total. The number of fused-ring (bicyclic) bond motifs is 1. The third-order valence-corrected chi connectivity index (χ3v) is 4.38. The molecular formula is C12H14OS. The van der Waals surface area contributed by atoms with Crippen LogP contribution in [0.1, 0.15) is 30.7 Å². The van der Waals surface area contributed by atoms with Crippen molar-refractivity contribution in [3.63, 3.8) is 0 Å². The van der Waals surface area contributed by atoms with Gasteiger partial charge >= 0.3 is 0 Å². The van der Waals surface area contributed by atoms with Gasteiger partial charge in [-0.3, -0.25) is 0 Å². The molecule has 1 fully saturated rings. The summed E-state index contributed by atoms with van der Waals surface area (Å²) in [5, 5.41) is 9.42. The van der Waals surface area contributed by atoms with Crippen LogP contribution in [0.15, 0.2) is 23.1 Å². The molecule has 0 spiro atoms. The highest BCUT2D eigenvalue weighted by Crippen LogP contribution is 2.50. The van der Waals surface area contributed by atoms with Crippen LogP contribution in [0.2, 0.25) is 0 Å². The van der Waals surface area contributed by atoms with Crippen LogP contribution < -0.4 is 0 Å². The van der Waals surface area contributed by atoms with Crippen molar-refractivity contribution in [3.8, 4) is 5.75 Å². The molecule has 0 amide bonds. The van der Waals surface area contributed by atoms with Gasteiger partial charge in [0.2, 0.25) is 0 Å². The molecule has 3 rings (SSSR count). The molecule has 74 valence electrons. The van der Waals surface area contributed by atoms with Crippen molar-refractivity contribution in [3.05, 3.63) is 23.8 Å². The Morgan fingerprint density at radius 2 is 2.07 bits per heavy atom. The van der Waals surface area contributed by atoms with E-state index in [2.05, 4.69) is 6.07 Å². The number of rotatable bonds is 1. The van der Waals surface area contributed by atoms with Crippen molar-refractivity contribution in [2.45, 2.75) is 30.1 Å². The molecule has 0 aromatic heterocycles. The highest BCUT2D eigenvalue weighted by Gasteiger charge is 2.34. The van der Waals surface area contributed by atoms with Gasteiger partial charge in [0.25, 0.3) is 0 Å². The van der Waals surface area contributed by atoms with Gasteiger partial charge in [-0.15, -0.1) is 11.8 Å². The predicted octanol–water partition coefficient (Wildman–Crippen LogP) is 3.38. The van der Waals surface area contributed by atoms with Crippen molar-refractivity contribution in [1.82, 2.24) is 0 Å². The van der Waals surface area contributed by atoms with Crippen LogP contribution in [0.4, 0.5) is 0 Å². The SMILES string of the molecule is Oc1ccc2c(c1)SCCC2C1CC1. The maximum Gasteiger partial charge on any atom is 0.116 e. The van der Waals surface area contributed by atoms with Crippen LogP contribution in [-0.2, 0) is 0 Å². The monoisotopic (exact) mass is 206 g/mol. The van der Waals surface area contributed by atoms with Crippen LogP contribution >= 0.6 is 11.8 Å². The van der Waals surface area contributed by atoms with E-state index in [0.717, 1.165) is 11.8 Å². The minimum Gasteiger partial charge on any atom is -0.508 e. The maximum absolute atomic E-state index is 9.42. The van der Waals surface area contributed by atoms with Crippen molar-refractivity contribution in [2.24, 2.45) is 5.92 Å². The number of phenolic OH excluding ortho intramolecular Hbond substituents is 1. The van der Waals surface area contributed by atoms with Crippen LogP contribution in [-0.4, -0.2) is 10.9 Å². The standard InChI is InChI=1S/C12H14OS/c13-9-3-4-11-10(8-1-2-8)5-6-14-12(11)7-9/h3-4,7-8,10,13H,1-2,5-6H2. The fourth-order valence-electron chi connectivity index (χ4n) is 2.39. The Bertz CT molecular complexity index is 357. The zero-order valence-electron chi connectivity index (χ0n) is 8.07. The molecule has 1 saturated carbocycles. The van der Waals surface area contributed by atoms with Crippen LogP contribution in [0.3, 0.4) is 0 Å². The smallest absolute Gasteiger partial charge is 0.116 e. The highest BCUT2D eigenvalue weighted by molar-refractivity contribution is 7.99. The number of hydrogen-bond acceptors (Lipinski definition) is 2. The zero-order chi connectivity index (χ0) is 9.54. The molecule has 1 aliphatic heterocycles. The Kier molecular flexibility index (Phi) is 1.98. The van der Waals surface area contributed by atoms with Gasteiger partial charge in [-0.25, -0.2) is 0 Å². The second-order valence-electron chi connectivity index (χ2n) is 4.30. The van der Waals surface area contributed by atoms with E-state index < -0.39 is 0 Å². The van der Waals surface area contributed by atoms with Gasteiger partial charge in [0.1, 0.15) is 5.75 Å². The van der Waals surface area contributed by atoms with E-state index in [1.807, 2.05) is 23.9 Å². The van der Waals surface area contributed by atoms with Gasteiger partial charge in [-0.1, -0.05) is 6.07 Å². The Morgan fingerprint density at radius 1 is 1.21 bits per heavy atom. The van der Waals surface area contributed by atoms with Crippen LogP contribution in [0.25, 0.3) is 0 Å². The fourth-order valence-corrected chi connectivity index (χ4v) is 3.58. The third-order valence-electron chi connectivity index (χ3n) is 3.27. The van der Waals surface area contributed by atoms with E-state index in [-0.39, 0.29) is 0 Å². The molecule has 0 bridgehead atoms. The van der Waals surface area contributed by atoms with Crippen LogP contribution in [0.5, 0.6) is 5.75 Å². The second kappa shape index (κ2) is 3.20. The van der Waals surface area contributed by atoms with Gasteiger partial charge in [0.15, 0.2) is 0 Å². The lowest BCUT2D eigenvalue weighted by atomic mass is 9.91. The normalized spacial score (nSPS) is 25.9. The summed E-state index contributed by atoms with van der Waals surface area (Å²) < 4.78 is 0. The number of aromatic hydroxyl groups is 1. The van der Waals surface area contributed by atoms with E-state index in [0.29, 0.717) is 5.75 Å². The Morgan fingerprint density at radius 3 is 2.86 bits per heavy atom. The zero-order valence-corrected chi connectivity index (χ0v) is 8.89. The fraction of sp³-hybridized carbons (Fsp3) is 0.500. The van der Waals surface area contributed by atoms with Crippen molar-refractivity contribution >= 4 is 11.8 Å². The minimum atomic E-state index is 0.410. The van der Waals surface area contributed by atoms with Crippen molar-refractivity contribution in [1.29, 1.82) is 0 Å². The number of phenols is 1. The van der Waals surface area contributed by atoms with E-state index >= 15 is 0 Å². The average molecular weight is 206 g/mol. The predicted molar refractivity (Wildman–Crippen MR) is 58.9 cm³/mol. The largest absolute Gasteiger partial charge is 0.508 e. The average Bonchev–Trinajstić information content (AvgIpc) is 2.99. The summed E-state index contributed by atoms with van der Waals surface area (Å²) in [4.78, 5) is 1.31. The van der Waals surface area contributed by atoms with Gasteiger partial charge < -0.3 is 5.11 Å². The minimum absolute atomic E-state index is 0.410. The summed E-state index contributed by atoms with van der Waals surface area (Å²) in [6.07, 6.45) is 4.15. The molecule has 1 aliphatic carbocycles. The summed E-state index contributed by atoms with van der Waals surface area (Å²) in [6, 6.07) is 5.88.